The molecule has 0 aromatic carbocycles. The Morgan fingerprint density at radius 3 is 2.43 bits per heavy atom. The van der Waals surface area contributed by atoms with Crippen molar-refractivity contribution >= 4 is 12.0 Å². The molecule has 5 heteroatoms. The second-order valence-corrected chi connectivity index (χ2v) is 3.08. The van der Waals surface area contributed by atoms with Crippen molar-refractivity contribution in [3.05, 3.63) is 0 Å². The summed E-state index contributed by atoms with van der Waals surface area (Å²) in [4.78, 5) is 21.9. The molecule has 0 aliphatic rings. The third-order valence-electron chi connectivity index (χ3n) is 1.34. The van der Waals surface area contributed by atoms with E-state index < -0.39 is 6.09 Å². The summed E-state index contributed by atoms with van der Waals surface area (Å²) in [6.45, 7) is 6.29. The van der Waals surface area contributed by atoms with Crippen molar-refractivity contribution in [2.24, 2.45) is 0 Å². The zero-order chi connectivity index (χ0) is 11.0. The van der Waals surface area contributed by atoms with Crippen LogP contribution in [-0.2, 0) is 9.53 Å². The van der Waals surface area contributed by atoms with Gasteiger partial charge in [0.15, 0.2) is 0 Å². The molecule has 0 radical (unpaired) electrons. The van der Waals surface area contributed by atoms with Crippen LogP contribution in [-0.4, -0.2) is 31.2 Å². The van der Waals surface area contributed by atoms with Crippen LogP contribution in [0.15, 0.2) is 0 Å². The molecule has 0 saturated heterocycles. The second-order valence-electron chi connectivity index (χ2n) is 3.08. The van der Waals surface area contributed by atoms with Crippen molar-refractivity contribution in [1.29, 1.82) is 0 Å². The maximum absolute atomic E-state index is 10.9. The molecule has 0 aromatic rings. The maximum Gasteiger partial charge on any atom is 0.407 e. The lowest BCUT2D eigenvalue weighted by molar-refractivity contribution is -0.120. The van der Waals surface area contributed by atoms with Gasteiger partial charge < -0.3 is 15.4 Å². The maximum atomic E-state index is 10.9. The van der Waals surface area contributed by atoms with Crippen LogP contribution in [0.4, 0.5) is 4.79 Å². The van der Waals surface area contributed by atoms with Gasteiger partial charge in [-0.15, -0.1) is 0 Å². The molecule has 0 rings (SSSR count). The standard InChI is InChI=1S/C9H18N2O3/c1-4-10-8(12)5-6-11-9(13)14-7(2)3/h7H,4-6H2,1-3H3,(H,10,12)(H,11,13). The van der Waals surface area contributed by atoms with Crippen LogP contribution in [0.3, 0.4) is 0 Å². The fourth-order valence-electron chi connectivity index (χ4n) is 0.819. The first-order valence-corrected chi connectivity index (χ1v) is 4.77. The first-order chi connectivity index (χ1) is 6.56. The van der Waals surface area contributed by atoms with Gasteiger partial charge in [-0.1, -0.05) is 0 Å². The summed E-state index contributed by atoms with van der Waals surface area (Å²) in [5.74, 6) is -0.0719. The molecule has 0 heterocycles. The number of rotatable bonds is 5. The molecular weight excluding hydrogens is 184 g/mol. The molecule has 0 aromatic heterocycles. The molecule has 5 nitrogen and oxygen atoms in total. The normalized spacial score (nSPS) is 9.71. The summed E-state index contributed by atoms with van der Waals surface area (Å²) >= 11 is 0. The van der Waals surface area contributed by atoms with E-state index >= 15 is 0 Å². The number of hydrogen-bond acceptors (Lipinski definition) is 3. The Balaban J connectivity index is 3.44. The number of carbonyl (C=O) groups is 2. The van der Waals surface area contributed by atoms with Crippen LogP contribution in [0.1, 0.15) is 27.2 Å². The lowest BCUT2D eigenvalue weighted by Gasteiger charge is -2.08. The van der Waals surface area contributed by atoms with E-state index in [0.29, 0.717) is 13.1 Å². The largest absolute Gasteiger partial charge is 0.447 e. The smallest absolute Gasteiger partial charge is 0.407 e. The molecule has 0 spiro atoms. The van der Waals surface area contributed by atoms with Crippen molar-refractivity contribution in [2.45, 2.75) is 33.3 Å². The van der Waals surface area contributed by atoms with Crippen molar-refractivity contribution in [1.82, 2.24) is 10.6 Å². The first-order valence-electron chi connectivity index (χ1n) is 4.77. The van der Waals surface area contributed by atoms with Crippen LogP contribution >= 0.6 is 0 Å². The molecule has 2 N–H and O–H groups in total. The number of hydrogen-bond donors (Lipinski definition) is 2. The zero-order valence-electron chi connectivity index (χ0n) is 8.92. The number of amides is 2. The van der Waals surface area contributed by atoms with E-state index in [4.69, 9.17) is 4.74 Å². The van der Waals surface area contributed by atoms with Crippen LogP contribution in [0, 0.1) is 0 Å². The van der Waals surface area contributed by atoms with E-state index in [2.05, 4.69) is 10.6 Å². The van der Waals surface area contributed by atoms with E-state index in [1.807, 2.05) is 6.92 Å². The topological polar surface area (TPSA) is 67.4 Å². The Hall–Kier alpha value is -1.26. The first kappa shape index (κ1) is 12.7. The van der Waals surface area contributed by atoms with Gasteiger partial charge in [0, 0.05) is 19.5 Å². The fourth-order valence-corrected chi connectivity index (χ4v) is 0.819. The van der Waals surface area contributed by atoms with Crippen molar-refractivity contribution in [3.8, 4) is 0 Å². The minimum absolute atomic E-state index is 0.0719. The average Bonchev–Trinajstić information content (AvgIpc) is 2.02. The average molecular weight is 202 g/mol. The summed E-state index contributed by atoms with van der Waals surface area (Å²) in [6, 6.07) is 0. The van der Waals surface area contributed by atoms with Crippen LogP contribution in [0.2, 0.25) is 0 Å². The Bertz CT molecular complexity index is 192. The van der Waals surface area contributed by atoms with Gasteiger partial charge in [-0.3, -0.25) is 4.79 Å². The highest BCUT2D eigenvalue weighted by atomic mass is 16.6. The lowest BCUT2D eigenvalue weighted by Crippen LogP contribution is -2.32. The quantitative estimate of drug-likeness (QED) is 0.687. The fraction of sp³-hybridized carbons (Fsp3) is 0.778. The number of alkyl carbamates (subject to hydrolysis) is 1. The molecular formula is C9H18N2O3. The van der Waals surface area contributed by atoms with Crippen LogP contribution in [0.5, 0.6) is 0 Å². The predicted octanol–water partition coefficient (Wildman–Crippen LogP) is 0.647. The van der Waals surface area contributed by atoms with Gasteiger partial charge in [-0.05, 0) is 20.8 Å². The molecule has 0 aliphatic heterocycles. The Kier molecular flexibility index (Phi) is 6.53. The summed E-state index contributed by atoms with van der Waals surface area (Å²) < 4.78 is 4.81. The Labute approximate surface area is 84.2 Å². The number of carbonyl (C=O) groups excluding carboxylic acids is 2. The number of nitrogens with one attached hydrogen (secondary N) is 2. The van der Waals surface area contributed by atoms with Gasteiger partial charge in [0.1, 0.15) is 0 Å². The second kappa shape index (κ2) is 7.17. The molecule has 0 saturated carbocycles. The summed E-state index contributed by atoms with van der Waals surface area (Å²) in [5, 5.41) is 5.11. The Morgan fingerprint density at radius 1 is 1.29 bits per heavy atom. The van der Waals surface area contributed by atoms with Gasteiger partial charge in [-0.25, -0.2) is 4.79 Å². The summed E-state index contributed by atoms with van der Waals surface area (Å²) in [7, 11) is 0. The lowest BCUT2D eigenvalue weighted by atomic mass is 10.4. The van der Waals surface area contributed by atoms with Crippen LogP contribution < -0.4 is 10.6 Å². The molecule has 82 valence electrons. The SMILES string of the molecule is CCNC(=O)CCNC(=O)OC(C)C. The summed E-state index contributed by atoms with van der Waals surface area (Å²) in [5.41, 5.74) is 0. The van der Waals surface area contributed by atoms with Gasteiger partial charge in [0.2, 0.25) is 5.91 Å². The van der Waals surface area contributed by atoms with E-state index in [-0.39, 0.29) is 18.4 Å². The van der Waals surface area contributed by atoms with Gasteiger partial charge in [0.05, 0.1) is 6.10 Å². The monoisotopic (exact) mass is 202 g/mol. The van der Waals surface area contributed by atoms with Crippen molar-refractivity contribution in [3.63, 3.8) is 0 Å². The zero-order valence-corrected chi connectivity index (χ0v) is 8.92. The minimum Gasteiger partial charge on any atom is -0.447 e. The van der Waals surface area contributed by atoms with Crippen LogP contribution in [0.25, 0.3) is 0 Å². The van der Waals surface area contributed by atoms with E-state index in [1.54, 1.807) is 13.8 Å². The predicted molar refractivity (Wildman–Crippen MR) is 52.9 cm³/mol. The van der Waals surface area contributed by atoms with Gasteiger partial charge in [0.25, 0.3) is 0 Å². The van der Waals surface area contributed by atoms with Crippen molar-refractivity contribution in [2.75, 3.05) is 13.1 Å². The molecule has 0 atom stereocenters. The highest BCUT2D eigenvalue weighted by Gasteiger charge is 2.05. The van der Waals surface area contributed by atoms with Gasteiger partial charge in [-0.2, -0.15) is 0 Å². The van der Waals surface area contributed by atoms with E-state index in [9.17, 15) is 9.59 Å². The third kappa shape index (κ3) is 7.39. The third-order valence-corrected chi connectivity index (χ3v) is 1.34. The molecule has 2 amide bonds. The highest BCUT2D eigenvalue weighted by molar-refractivity contribution is 5.76. The molecule has 14 heavy (non-hydrogen) atoms. The molecule has 0 fully saturated rings. The molecule has 0 aliphatic carbocycles. The van der Waals surface area contributed by atoms with E-state index in [0.717, 1.165) is 0 Å². The summed E-state index contributed by atoms with van der Waals surface area (Å²) in [6.07, 6.45) is -0.343. The molecule has 0 unspecified atom stereocenters. The number of ether oxygens (including phenoxy) is 1. The minimum atomic E-state index is -0.482. The van der Waals surface area contributed by atoms with Crippen molar-refractivity contribution < 1.29 is 14.3 Å². The Morgan fingerprint density at radius 2 is 1.93 bits per heavy atom. The van der Waals surface area contributed by atoms with E-state index in [1.165, 1.54) is 0 Å². The molecule has 0 bridgehead atoms. The van der Waals surface area contributed by atoms with Gasteiger partial charge >= 0.3 is 6.09 Å². The highest BCUT2D eigenvalue weighted by Crippen LogP contribution is 1.88.